The van der Waals surface area contributed by atoms with Crippen molar-refractivity contribution in [3.05, 3.63) is 51.2 Å². The van der Waals surface area contributed by atoms with Gasteiger partial charge in [0.15, 0.2) is 0 Å². The van der Waals surface area contributed by atoms with E-state index in [4.69, 9.17) is 40.1 Å². The number of pyridine rings is 1. The Labute approximate surface area is 113 Å². The molecule has 2 aromatic rings. The molecule has 0 aliphatic rings. The van der Waals surface area contributed by atoms with Crippen molar-refractivity contribution in [1.82, 2.24) is 4.98 Å². The average molecular weight is 284 g/mol. The molecule has 0 atom stereocenters. The fourth-order valence-electron chi connectivity index (χ4n) is 1.47. The Morgan fingerprint density at radius 1 is 1.06 bits per heavy atom. The molecule has 0 radical (unpaired) electrons. The molecule has 0 fully saturated rings. The first-order valence-corrected chi connectivity index (χ1v) is 5.76. The van der Waals surface area contributed by atoms with Crippen molar-refractivity contribution in [1.29, 1.82) is 5.26 Å². The third kappa shape index (κ3) is 2.23. The van der Waals surface area contributed by atoms with Gasteiger partial charge in [-0.3, -0.25) is 4.98 Å². The van der Waals surface area contributed by atoms with Crippen LogP contribution in [0, 0.1) is 11.3 Å². The average Bonchev–Trinajstić information content (AvgIpc) is 2.35. The summed E-state index contributed by atoms with van der Waals surface area (Å²) in [5.74, 6) is 0. The first kappa shape index (κ1) is 12.2. The second kappa shape index (κ2) is 4.93. The zero-order valence-electron chi connectivity index (χ0n) is 8.42. The van der Waals surface area contributed by atoms with E-state index in [1.807, 2.05) is 0 Å². The van der Waals surface area contributed by atoms with Crippen LogP contribution < -0.4 is 0 Å². The molecule has 0 aliphatic heterocycles. The maximum atomic E-state index is 9.03. The number of halogens is 3. The summed E-state index contributed by atoms with van der Waals surface area (Å²) in [5, 5.41) is 10.2. The molecule has 1 aromatic carbocycles. The fraction of sp³-hybridized carbons (Fsp3) is 0. The summed E-state index contributed by atoms with van der Waals surface area (Å²) in [6.07, 6.45) is 3.08. The van der Waals surface area contributed by atoms with Crippen molar-refractivity contribution in [2.45, 2.75) is 0 Å². The molecule has 17 heavy (non-hydrogen) atoms. The highest BCUT2D eigenvalue weighted by Crippen LogP contribution is 2.39. The number of rotatable bonds is 1. The fourth-order valence-corrected chi connectivity index (χ4v) is 2.20. The van der Waals surface area contributed by atoms with E-state index in [1.54, 1.807) is 24.4 Å². The molecule has 84 valence electrons. The maximum Gasteiger partial charge on any atom is 0.0999 e. The van der Waals surface area contributed by atoms with Gasteiger partial charge in [0.2, 0.25) is 0 Å². The Morgan fingerprint density at radius 2 is 1.76 bits per heavy atom. The van der Waals surface area contributed by atoms with Crippen LogP contribution in [-0.4, -0.2) is 4.98 Å². The molecule has 2 rings (SSSR count). The highest BCUT2D eigenvalue weighted by molar-refractivity contribution is 6.46. The molecular weight excluding hydrogens is 279 g/mol. The lowest BCUT2D eigenvalue weighted by Crippen LogP contribution is -1.89. The van der Waals surface area contributed by atoms with Crippen LogP contribution in [0.4, 0.5) is 0 Å². The number of nitrogens with zero attached hydrogens (tertiary/aromatic N) is 2. The zero-order valence-corrected chi connectivity index (χ0v) is 10.7. The highest BCUT2D eigenvalue weighted by Gasteiger charge is 2.15. The van der Waals surface area contributed by atoms with Crippen LogP contribution in [0.2, 0.25) is 15.1 Å². The quantitative estimate of drug-likeness (QED) is 0.718. The molecule has 0 aliphatic carbocycles. The van der Waals surface area contributed by atoms with Gasteiger partial charge in [0.05, 0.1) is 26.7 Å². The van der Waals surface area contributed by atoms with Crippen molar-refractivity contribution in [2.75, 3.05) is 0 Å². The molecule has 0 saturated heterocycles. The molecule has 0 N–H and O–H groups in total. The monoisotopic (exact) mass is 282 g/mol. The minimum Gasteiger partial charge on any atom is -0.264 e. The third-order valence-electron chi connectivity index (χ3n) is 2.25. The van der Waals surface area contributed by atoms with E-state index in [9.17, 15) is 0 Å². The number of hydrogen-bond donors (Lipinski definition) is 0. The van der Waals surface area contributed by atoms with Crippen molar-refractivity contribution < 1.29 is 0 Å². The Hall–Kier alpha value is -1.27. The maximum absolute atomic E-state index is 9.03. The summed E-state index contributed by atoms with van der Waals surface area (Å²) < 4.78 is 0. The molecule has 0 bridgehead atoms. The van der Waals surface area contributed by atoms with E-state index >= 15 is 0 Å². The molecule has 1 heterocycles. The van der Waals surface area contributed by atoms with Crippen LogP contribution in [0.15, 0.2) is 30.6 Å². The summed E-state index contributed by atoms with van der Waals surface area (Å²) in [6, 6.07) is 6.92. The van der Waals surface area contributed by atoms with E-state index in [-0.39, 0.29) is 0 Å². The molecule has 2 nitrogen and oxygen atoms in total. The lowest BCUT2D eigenvalue weighted by Gasteiger charge is -2.09. The Kier molecular flexibility index (Phi) is 3.54. The van der Waals surface area contributed by atoms with Gasteiger partial charge in [-0.05, 0) is 18.2 Å². The number of benzene rings is 1. The van der Waals surface area contributed by atoms with Gasteiger partial charge in [-0.15, -0.1) is 0 Å². The third-order valence-corrected chi connectivity index (χ3v) is 3.37. The summed E-state index contributed by atoms with van der Waals surface area (Å²) in [4.78, 5) is 3.97. The van der Waals surface area contributed by atoms with Crippen molar-refractivity contribution in [2.24, 2.45) is 0 Å². The van der Waals surface area contributed by atoms with Gasteiger partial charge >= 0.3 is 0 Å². The number of aromatic nitrogens is 1. The molecule has 0 unspecified atom stereocenters. The predicted molar refractivity (Wildman–Crippen MR) is 69.4 cm³/mol. The highest BCUT2D eigenvalue weighted by atomic mass is 35.5. The van der Waals surface area contributed by atoms with Gasteiger partial charge in [-0.25, -0.2) is 0 Å². The molecular formula is C12H5Cl3N2. The number of nitriles is 1. The van der Waals surface area contributed by atoms with Crippen molar-refractivity contribution in [3.8, 4) is 17.2 Å². The lowest BCUT2D eigenvalue weighted by atomic mass is 10.0. The summed E-state index contributed by atoms with van der Waals surface area (Å²) in [5.41, 5.74) is 1.56. The topological polar surface area (TPSA) is 36.7 Å². The predicted octanol–water partition coefficient (Wildman–Crippen LogP) is 4.58. The van der Waals surface area contributed by atoms with Crippen LogP contribution >= 0.6 is 34.8 Å². The molecule has 5 heteroatoms. The van der Waals surface area contributed by atoms with Gasteiger partial charge in [0, 0.05) is 23.5 Å². The zero-order chi connectivity index (χ0) is 12.4. The summed E-state index contributed by atoms with van der Waals surface area (Å²) >= 11 is 18.1. The smallest absolute Gasteiger partial charge is 0.0999 e. The second-order valence-corrected chi connectivity index (χ2v) is 4.44. The van der Waals surface area contributed by atoms with Crippen molar-refractivity contribution >= 4 is 34.8 Å². The standard InChI is InChI=1S/C12H5Cl3N2/c13-9-1-2-10(14)12(15)11(9)8-6-17-4-3-7(8)5-16/h1-4,6H. The Morgan fingerprint density at radius 3 is 2.47 bits per heavy atom. The van der Waals surface area contributed by atoms with E-state index < -0.39 is 0 Å². The van der Waals surface area contributed by atoms with Crippen LogP contribution in [0.5, 0.6) is 0 Å². The normalized spacial score (nSPS) is 10.0. The van der Waals surface area contributed by atoms with Crippen LogP contribution in [-0.2, 0) is 0 Å². The van der Waals surface area contributed by atoms with Gasteiger partial charge in [0.25, 0.3) is 0 Å². The first-order valence-electron chi connectivity index (χ1n) is 4.63. The summed E-state index contributed by atoms with van der Waals surface area (Å²) in [7, 11) is 0. The van der Waals surface area contributed by atoms with Gasteiger partial charge < -0.3 is 0 Å². The van der Waals surface area contributed by atoms with E-state index in [2.05, 4.69) is 11.1 Å². The van der Waals surface area contributed by atoms with Crippen LogP contribution in [0.1, 0.15) is 5.56 Å². The lowest BCUT2D eigenvalue weighted by molar-refractivity contribution is 1.31. The Bertz CT molecular complexity index is 618. The second-order valence-electron chi connectivity index (χ2n) is 3.25. The van der Waals surface area contributed by atoms with Crippen LogP contribution in [0.25, 0.3) is 11.1 Å². The minimum absolute atomic E-state index is 0.323. The van der Waals surface area contributed by atoms with E-state index in [1.165, 1.54) is 6.20 Å². The minimum atomic E-state index is 0.323. The van der Waals surface area contributed by atoms with Gasteiger partial charge in [-0.2, -0.15) is 5.26 Å². The first-order chi connectivity index (χ1) is 8.15. The molecule has 0 amide bonds. The van der Waals surface area contributed by atoms with Gasteiger partial charge in [-0.1, -0.05) is 34.8 Å². The van der Waals surface area contributed by atoms with Crippen molar-refractivity contribution in [3.63, 3.8) is 0 Å². The largest absolute Gasteiger partial charge is 0.264 e. The SMILES string of the molecule is N#Cc1ccncc1-c1c(Cl)ccc(Cl)c1Cl. The Balaban J connectivity index is 2.78. The molecule has 1 aromatic heterocycles. The summed E-state index contributed by atoms with van der Waals surface area (Å²) in [6.45, 7) is 0. The number of hydrogen-bond acceptors (Lipinski definition) is 2. The molecule has 0 spiro atoms. The molecule has 0 saturated carbocycles. The van der Waals surface area contributed by atoms with E-state index in [0.717, 1.165) is 0 Å². The van der Waals surface area contributed by atoms with E-state index in [0.29, 0.717) is 31.8 Å². The van der Waals surface area contributed by atoms with Gasteiger partial charge in [0.1, 0.15) is 0 Å². The van der Waals surface area contributed by atoms with Crippen LogP contribution in [0.3, 0.4) is 0 Å².